The van der Waals surface area contributed by atoms with Gasteiger partial charge in [0.25, 0.3) is 10.0 Å². The number of rotatable bonds is 5. The molecule has 238 valence electrons. The molecule has 0 saturated carbocycles. The highest BCUT2D eigenvalue weighted by Crippen LogP contribution is 2.46. The molecule has 0 aliphatic carbocycles. The summed E-state index contributed by atoms with van der Waals surface area (Å²) in [5.41, 5.74) is 2.32. The average molecular weight is 707 g/mol. The second-order valence-electron chi connectivity index (χ2n) is 11.2. The van der Waals surface area contributed by atoms with Gasteiger partial charge in [-0.1, -0.05) is 77.3 Å². The normalized spacial score (nSPS) is 18.4. The standard InChI is InChI=1S/C34H26Cl3N5O4S/c35-23-10-8-21(9-11-23)32-31(22-4-3-5-25(37)18-22)39-33(42(32)34(44)40-17-16-38-30(43)20-40)28-19-41(29-7-2-1-6-27(28)29)47(45,46)26-14-12-24(36)13-15-26/h1-15,18-19,31-32H,16-17,20H2,(H,38,43). The van der Waals surface area contributed by atoms with E-state index < -0.39 is 28.1 Å². The lowest BCUT2D eigenvalue weighted by molar-refractivity contribution is -0.123. The van der Waals surface area contributed by atoms with Gasteiger partial charge in [0.2, 0.25) is 5.91 Å². The van der Waals surface area contributed by atoms with E-state index in [-0.39, 0.29) is 29.7 Å². The monoisotopic (exact) mass is 705 g/mol. The fraction of sp³-hybridized carbons (Fsp3) is 0.147. The van der Waals surface area contributed by atoms with Crippen LogP contribution >= 0.6 is 34.8 Å². The molecule has 1 fully saturated rings. The largest absolute Gasteiger partial charge is 0.353 e. The first-order valence-electron chi connectivity index (χ1n) is 14.7. The number of carbonyl (C=O) groups is 2. The van der Waals surface area contributed by atoms with E-state index in [1.54, 1.807) is 53.4 Å². The summed E-state index contributed by atoms with van der Waals surface area (Å²) in [4.78, 5) is 35.3. The van der Waals surface area contributed by atoms with Gasteiger partial charge in [0.1, 0.15) is 18.4 Å². The topological polar surface area (TPSA) is 104 Å². The van der Waals surface area contributed by atoms with Gasteiger partial charge >= 0.3 is 6.03 Å². The summed E-state index contributed by atoms with van der Waals surface area (Å²) in [5.74, 6) is -0.0189. The van der Waals surface area contributed by atoms with E-state index in [1.807, 2.05) is 24.3 Å². The molecule has 2 aliphatic heterocycles. The van der Waals surface area contributed by atoms with Crippen LogP contribution in [0.5, 0.6) is 0 Å². The van der Waals surface area contributed by atoms with Crippen LogP contribution in [0.2, 0.25) is 15.1 Å². The van der Waals surface area contributed by atoms with E-state index in [4.69, 9.17) is 39.8 Å². The van der Waals surface area contributed by atoms with Gasteiger partial charge in [-0.05, 0) is 65.7 Å². The predicted molar refractivity (Wildman–Crippen MR) is 183 cm³/mol. The maximum absolute atomic E-state index is 14.6. The van der Waals surface area contributed by atoms with Crippen LogP contribution in [0.1, 0.15) is 28.8 Å². The molecule has 2 atom stereocenters. The van der Waals surface area contributed by atoms with E-state index in [2.05, 4.69) is 5.32 Å². The zero-order valence-electron chi connectivity index (χ0n) is 24.6. The Kier molecular flexibility index (Phi) is 8.21. The summed E-state index contributed by atoms with van der Waals surface area (Å²) >= 11 is 18.8. The summed E-state index contributed by atoms with van der Waals surface area (Å²) in [6.07, 6.45) is 1.50. The fourth-order valence-corrected chi connectivity index (χ4v) is 7.91. The lowest BCUT2D eigenvalue weighted by Gasteiger charge is -2.35. The molecule has 2 unspecified atom stereocenters. The van der Waals surface area contributed by atoms with Gasteiger partial charge in [0.05, 0.1) is 16.5 Å². The number of hydrogen-bond acceptors (Lipinski definition) is 5. The lowest BCUT2D eigenvalue weighted by atomic mass is 9.93. The Morgan fingerprint density at radius 1 is 0.830 bits per heavy atom. The van der Waals surface area contributed by atoms with Crippen LogP contribution in [0, 0.1) is 0 Å². The van der Waals surface area contributed by atoms with Crippen LogP contribution in [0.4, 0.5) is 4.79 Å². The number of benzene rings is 4. The van der Waals surface area contributed by atoms with Crippen molar-refractivity contribution in [3.63, 3.8) is 0 Å². The molecule has 3 amide bonds. The molecule has 13 heteroatoms. The number of halogens is 3. The third kappa shape index (κ3) is 5.76. The number of nitrogens with zero attached hydrogens (tertiary/aromatic N) is 4. The molecule has 1 aromatic heterocycles. The molecule has 1 N–H and O–H groups in total. The molecule has 9 nitrogen and oxygen atoms in total. The Balaban J connectivity index is 1.46. The minimum absolute atomic E-state index is 0.0469. The van der Waals surface area contributed by atoms with Crippen LogP contribution in [0.25, 0.3) is 10.9 Å². The molecular weight excluding hydrogens is 681 g/mol. The Morgan fingerprint density at radius 2 is 1.53 bits per heavy atom. The van der Waals surface area contributed by atoms with Crippen molar-refractivity contribution in [1.29, 1.82) is 0 Å². The van der Waals surface area contributed by atoms with Crippen molar-refractivity contribution >= 4 is 73.5 Å². The quantitative estimate of drug-likeness (QED) is 0.214. The molecule has 7 rings (SSSR count). The first kappa shape index (κ1) is 31.3. The number of aliphatic imine (C=N–C) groups is 1. The van der Waals surface area contributed by atoms with Crippen LogP contribution in [0.15, 0.2) is 113 Å². The Labute approximate surface area is 286 Å². The molecule has 0 radical (unpaired) electrons. The van der Waals surface area contributed by atoms with E-state index in [1.165, 1.54) is 39.3 Å². The number of fused-ring (bicyclic) bond motifs is 1. The van der Waals surface area contributed by atoms with Crippen molar-refractivity contribution in [2.75, 3.05) is 19.6 Å². The zero-order valence-corrected chi connectivity index (χ0v) is 27.6. The zero-order chi connectivity index (χ0) is 32.9. The Morgan fingerprint density at radius 3 is 2.23 bits per heavy atom. The van der Waals surface area contributed by atoms with Crippen molar-refractivity contribution in [2.24, 2.45) is 4.99 Å². The number of nitrogens with one attached hydrogen (secondary N) is 1. The van der Waals surface area contributed by atoms with Gasteiger partial charge in [-0.3, -0.25) is 14.7 Å². The summed E-state index contributed by atoms with van der Waals surface area (Å²) < 4.78 is 29.3. The van der Waals surface area contributed by atoms with E-state index in [0.717, 1.165) is 11.1 Å². The number of urea groups is 1. The van der Waals surface area contributed by atoms with Gasteiger partial charge in [-0.15, -0.1) is 0 Å². The number of amides is 3. The molecule has 0 bridgehead atoms. The van der Waals surface area contributed by atoms with Gasteiger partial charge in [-0.25, -0.2) is 17.2 Å². The van der Waals surface area contributed by atoms with E-state index >= 15 is 0 Å². The number of hydrogen-bond donors (Lipinski definition) is 1. The highest BCUT2D eigenvalue weighted by molar-refractivity contribution is 7.90. The summed E-state index contributed by atoms with van der Waals surface area (Å²) in [6, 6.07) is 25.6. The van der Waals surface area contributed by atoms with Crippen molar-refractivity contribution in [3.8, 4) is 0 Å². The smallest absolute Gasteiger partial charge is 0.326 e. The molecule has 3 heterocycles. The highest BCUT2D eigenvalue weighted by atomic mass is 35.5. The molecule has 5 aromatic rings. The molecule has 1 saturated heterocycles. The van der Waals surface area contributed by atoms with Crippen molar-refractivity contribution < 1.29 is 18.0 Å². The van der Waals surface area contributed by atoms with Crippen LogP contribution < -0.4 is 5.32 Å². The minimum Gasteiger partial charge on any atom is -0.353 e. The maximum Gasteiger partial charge on any atom is 0.326 e. The first-order valence-corrected chi connectivity index (χ1v) is 17.2. The van der Waals surface area contributed by atoms with E-state index in [0.29, 0.717) is 38.1 Å². The minimum atomic E-state index is -4.09. The van der Waals surface area contributed by atoms with Crippen molar-refractivity contribution in [3.05, 3.63) is 135 Å². The van der Waals surface area contributed by atoms with Crippen LogP contribution in [-0.4, -0.2) is 59.6 Å². The van der Waals surface area contributed by atoms with Gasteiger partial charge in [0, 0.05) is 45.3 Å². The van der Waals surface area contributed by atoms with Crippen molar-refractivity contribution in [2.45, 2.75) is 17.0 Å². The maximum atomic E-state index is 14.6. The number of amidine groups is 1. The lowest BCUT2D eigenvalue weighted by Crippen LogP contribution is -2.55. The number of para-hydroxylation sites is 1. The van der Waals surface area contributed by atoms with Crippen LogP contribution in [0.3, 0.4) is 0 Å². The summed E-state index contributed by atoms with van der Waals surface area (Å²) in [5, 5.41) is 4.76. The van der Waals surface area contributed by atoms with E-state index in [9.17, 15) is 18.0 Å². The second-order valence-corrected chi connectivity index (χ2v) is 14.3. The van der Waals surface area contributed by atoms with Gasteiger partial charge < -0.3 is 10.2 Å². The summed E-state index contributed by atoms with van der Waals surface area (Å²) in [7, 11) is -4.09. The molecule has 4 aromatic carbocycles. The van der Waals surface area contributed by atoms with Crippen molar-refractivity contribution in [1.82, 2.24) is 19.1 Å². The predicted octanol–water partition coefficient (Wildman–Crippen LogP) is 6.94. The van der Waals surface area contributed by atoms with Gasteiger partial charge in [0.15, 0.2) is 0 Å². The third-order valence-electron chi connectivity index (χ3n) is 8.27. The average Bonchev–Trinajstić information content (AvgIpc) is 3.65. The van der Waals surface area contributed by atoms with Gasteiger partial charge in [-0.2, -0.15) is 0 Å². The number of aromatic nitrogens is 1. The SMILES string of the molecule is O=C1CN(C(=O)N2C(c3cn(S(=O)(=O)c4ccc(Cl)cc4)c4ccccc34)=NC(c3cccc(Cl)c3)C2c2ccc(Cl)cc2)CCN1. The van der Waals surface area contributed by atoms with Crippen LogP contribution in [-0.2, 0) is 14.8 Å². The Bertz CT molecular complexity index is 2170. The molecule has 0 spiro atoms. The molecule has 47 heavy (non-hydrogen) atoms. The highest BCUT2D eigenvalue weighted by Gasteiger charge is 2.45. The molecule has 2 aliphatic rings. The second kappa shape index (κ2) is 12.4. The number of piperazine rings is 1. The molecular formula is C34H26Cl3N5O4S. The fourth-order valence-electron chi connectivity index (χ4n) is 6.09. The third-order valence-corrected chi connectivity index (χ3v) is 10.7. The Hall–Kier alpha value is -4.35. The first-order chi connectivity index (χ1) is 22.6. The summed E-state index contributed by atoms with van der Waals surface area (Å²) in [6.45, 7) is 0.452. The number of carbonyl (C=O) groups excluding carboxylic acids is 2.